The zero-order chi connectivity index (χ0) is 14.0. The molecule has 0 spiro atoms. The van der Waals surface area contributed by atoms with Gasteiger partial charge in [0.05, 0.1) is 4.92 Å². The summed E-state index contributed by atoms with van der Waals surface area (Å²) < 4.78 is 0.236. The molecule has 0 heterocycles. The molecule has 1 fully saturated rings. The van der Waals surface area contributed by atoms with Crippen molar-refractivity contribution in [1.82, 2.24) is 0 Å². The number of carboxylic acids is 1. The third-order valence-electron chi connectivity index (χ3n) is 3.28. The minimum atomic E-state index is -1.29. The topological polar surface area (TPSA) is 92.5 Å². The molecule has 2 N–H and O–H groups in total. The van der Waals surface area contributed by atoms with Crippen LogP contribution in [0.5, 0.6) is 0 Å². The van der Waals surface area contributed by atoms with Crippen LogP contribution in [-0.2, 0) is 0 Å². The van der Waals surface area contributed by atoms with Crippen LogP contribution in [0, 0.1) is 10.1 Å². The van der Waals surface area contributed by atoms with Crippen molar-refractivity contribution in [3.63, 3.8) is 0 Å². The van der Waals surface area contributed by atoms with E-state index >= 15 is 0 Å². The lowest BCUT2D eigenvalue weighted by Gasteiger charge is -2.14. The smallest absolute Gasteiger partial charge is 0.342 e. The summed E-state index contributed by atoms with van der Waals surface area (Å²) >= 11 is 1.79. The van der Waals surface area contributed by atoms with Gasteiger partial charge in [0.15, 0.2) is 0 Å². The van der Waals surface area contributed by atoms with E-state index in [2.05, 4.69) is 5.32 Å². The fraction of sp³-hybridized carbons (Fsp3) is 0.417. The molecule has 1 aromatic carbocycles. The molecule has 2 rings (SSSR count). The maximum Gasteiger partial charge on any atom is 0.342 e. The molecule has 1 aromatic rings. The minimum absolute atomic E-state index is 0.236. The quantitative estimate of drug-likeness (QED) is 0.615. The Balaban J connectivity index is 2.16. The number of nitro groups is 1. The van der Waals surface area contributed by atoms with Crippen molar-refractivity contribution in [1.29, 1.82) is 0 Å². The van der Waals surface area contributed by atoms with Gasteiger partial charge in [-0.05, 0) is 31.2 Å². The van der Waals surface area contributed by atoms with Crippen molar-refractivity contribution in [2.45, 2.75) is 17.6 Å². The molecule has 19 heavy (non-hydrogen) atoms. The van der Waals surface area contributed by atoms with Crippen molar-refractivity contribution in [3.05, 3.63) is 33.9 Å². The van der Waals surface area contributed by atoms with Crippen LogP contribution in [-0.4, -0.2) is 33.5 Å². The van der Waals surface area contributed by atoms with E-state index in [1.807, 2.05) is 6.26 Å². The van der Waals surface area contributed by atoms with Crippen LogP contribution in [0.2, 0.25) is 0 Å². The van der Waals surface area contributed by atoms with Gasteiger partial charge in [-0.15, -0.1) is 0 Å². The van der Waals surface area contributed by atoms with Gasteiger partial charge in [0.1, 0.15) is 5.56 Å². The first-order valence-corrected chi connectivity index (χ1v) is 7.01. The van der Waals surface area contributed by atoms with Crippen LogP contribution >= 0.6 is 11.8 Å². The Kier molecular flexibility index (Phi) is 3.66. The van der Waals surface area contributed by atoms with Gasteiger partial charge < -0.3 is 10.4 Å². The normalized spacial score (nSPS) is 15.8. The lowest BCUT2D eigenvalue weighted by molar-refractivity contribution is -0.385. The molecule has 0 saturated heterocycles. The van der Waals surface area contributed by atoms with Crippen LogP contribution in [0.1, 0.15) is 23.2 Å². The molecule has 6 nitrogen and oxygen atoms in total. The molecule has 0 amide bonds. The van der Waals surface area contributed by atoms with E-state index in [4.69, 9.17) is 5.11 Å². The van der Waals surface area contributed by atoms with Crippen LogP contribution in [0.15, 0.2) is 18.2 Å². The van der Waals surface area contributed by atoms with Crippen LogP contribution in [0.3, 0.4) is 0 Å². The second-order valence-corrected chi connectivity index (χ2v) is 5.81. The zero-order valence-corrected chi connectivity index (χ0v) is 11.2. The molecule has 1 aliphatic rings. The second kappa shape index (κ2) is 5.08. The fourth-order valence-electron chi connectivity index (χ4n) is 1.83. The lowest BCUT2D eigenvalue weighted by Crippen LogP contribution is -2.17. The summed E-state index contributed by atoms with van der Waals surface area (Å²) in [5.74, 6) is -1.29. The van der Waals surface area contributed by atoms with E-state index in [0.29, 0.717) is 5.69 Å². The predicted molar refractivity (Wildman–Crippen MR) is 74.0 cm³/mol. The van der Waals surface area contributed by atoms with Crippen LogP contribution in [0.4, 0.5) is 11.4 Å². The number of carboxylic acid groups (broad SMARTS) is 1. The van der Waals surface area contributed by atoms with Gasteiger partial charge in [-0.1, -0.05) is 0 Å². The van der Waals surface area contributed by atoms with Crippen molar-refractivity contribution < 1.29 is 14.8 Å². The molecule has 0 atom stereocenters. The summed E-state index contributed by atoms with van der Waals surface area (Å²) in [6.45, 7) is 0.734. The van der Waals surface area contributed by atoms with E-state index in [1.54, 1.807) is 17.8 Å². The highest BCUT2D eigenvalue weighted by molar-refractivity contribution is 8.00. The number of benzene rings is 1. The number of thioether (sulfide) groups is 1. The van der Waals surface area contributed by atoms with E-state index in [0.717, 1.165) is 19.4 Å². The van der Waals surface area contributed by atoms with Gasteiger partial charge in [0, 0.05) is 23.0 Å². The predicted octanol–water partition coefficient (Wildman–Crippen LogP) is 2.60. The number of anilines is 1. The molecule has 0 unspecified atom stereocenters. The summed E-state index contributed by atoms with van der Waals surface area (Å²) in [4.78, 5) is 21.1. The molecule has 0 radical (unpaired) electrons. The minimum Gasteiger partial charge on any atom is -0.477 e. The van der Waals surface area contributed by atoms with Crippen molar-refractivity contribution in [2.75, 3.05) is 18.1 Å². The molecule has 1 saturated carbocycles. The van der Waals surface area contributed by atoms with Gasteiger partial charge in [-0.3, -0.25) is 10.1 Å². The van der Waals surface area contributed by atoms with Gasteiger partial charge in [-0.2, -0.15) is 11.8 Å². The van der Waals surface area contributed by atoms with Crippen molar-refractivity contribution >= 4 is 29.1 Å². The molecular formula is C12H14N2O4S. The average Bonchev–Trinajstić information content (AvgIpc) is 3.16. The zero-order valence-electron chi connectivity index (χ0n) is 10.4. The fourth-order valence-corrected chi connectivity index (χ4v) is 2.56. The number of hydrogen-bond donors (Lipinski definition) is 2. The maximum atomic E-state index is 10.9. The first kappa shape index (κ1) is 13.7. The second-order valence-electron chi connectivity index (χ2n) is 4.53. The standard InChI is InChI=1S/C12H14N2O4S/c1-19-12(4-5-12)7-13-8-2-3-9(11(15)16)10(6-8)14(17)18/h2-3,6,13H,4-5,7H2,1H3,(H,15,16). The monoisotopic (exact) mass is 282 g/mol. The van der Waals surface area contributed by atoms with E-state index in [9.17, 15) is 14.9 Å². The Morgan fingerprint density at radius 2 is 2.26 bits per heavy atom. The van der Waals surface area contributed by atoms with Gasteiger partial charge in [-0.25, -0.2) is 4.79 Å². The number of nitrogens with one attached hydrogen (secondary N) is 1. The first-order valence-electron chi connectivity index (χ1n) is 5.78. The number of nitrogens with zero attached hydrogens (tertiary/aromatic N) is 1. The van der Waals surface area contributed by atoms with Gasteiger partial charge in [0.2, 0.25) is 0 Å². The Bertz CT molecular complexity index is 528. The molecule has 0 aliphatic heterocycles. The number of carbonyl (C=O) groups is 1. The summed E-state index contributed by atoms with van der Waals surface area (Å²) in [5, 5.41) is 22.9. The average molecular weight is 282 g/mol. The molecule has 7 heteroatoms. The number of aromatic carboxylic acids is 1. The number of rotatable bonds is 6. The molecule has 0 bridgehead atoms. The molecule has 0 aromatic heterocycles. The third-order valence-corrected chi connectivity index (χ3v) is 4.70. The number of nitro benzene ring substituents is 1. The SMILES string of the molecule is CSC1(CNc2ccc(C(=O)O)c([N+](=O)[O-])c2)CC1. The van der Waals surface area contributed by atoms with Crippen LogP contribution in [0.25, 0.3) is 0 Å². The van der Waals surface area contributed by atoms with E-state index < -0.39 is 10.9 Å². The van der Waals surface area contributed by atoms with Gasteiger partial charge in [0.25, 0.3) is 5.69 Å². The highest BCUT2D eigenvalue weighted by Gasteiger charge is 2.41. The molecular weight excluding hydrogens is 268 g/mol. The van der Waals surface area contributed by atoms with E-state index in [-0.39, 0.29) is 16.0 Å². The van der Waals surface area contributed by atoms with Crippen molar-refractivity contribution in [2.24, 2.45) is 0 Å². The number of hydrogen-bond acceptors (Lipinski definition) is 5. The van der Waals surface area contributed by atoms with Crippen LogP contribution < -0.4 is 5.32 Å². The Hall–Kier alpha value is -1.76. The summed E-state index contributed by atoms with van der Waals surface area (Å²) in [5.41, 5.74) is -0.0925. The third kappa shape index (κ3) is 2.98. The Morgan fingerprint density at radius 3 is 2.74 bits per heavy atom. The van der Waals surface area contributed by atoms with E-state index in [1.165, 1.54) is 12.1 Å². The summed E-state index contributed by atoms with van der Waals surface area (Å²) in [6.07, 6.45) is 4.32. The molecule has 1 aliphatic carbocycles. The highest BCUT2D eigenvalue weighted by atomic mass is 32.2. The maximum absolute atomic E-state index is 10.9. The first-order chi connectivity index (χ1) is 8.97. The molecule has 102 valence electrons. The summed E-state index contributed by atoms with van der Waals surface area (Å²) in [6, 6.07) is 4.11. The van der Waals surface area contributed by atoms with Gasteiger partial charge >= 0.3 is 5.97 Å². The summed E-state index contributed by atoms with van der Waals surface area (Å²) in [7, 11) is 0. The van der Waals surface area contributed by atoms with Crippen molar-refractivity contribution in [3.8, 4) is 0 Å². The lowest BCUT2D eigenvalue weighted by atomic mass is 10.1. The highest BCUT2D eigenvalue weighted by Crippen LogP contribution is 2.47. The Labute approximate surface area is 114 Å². The largest absolute Gasteiger partial charge is 0.477 e. The Morgan fingerprint density at radius 1 is 1.58 bits per heavy atom.